The summed E-state index contributed by atoms with van der Waals surface area (Å²) in [5, 5.41) is 13.1. The molecular formula is C21H31FN2O4. The van der Waals surface area contributed by atoms with Gasteiger partial charge in [0, 0.05) is 25.7 Å². The number of carbonyl (C=O) groups excluding carboxylic acids is 1. The van der Waals surface area contributed by atoms with E-state index in [1.165, 1.54) is 12.1 Å². The molecule has 0 saturated carbocycles. The number of hydrogen-bond acceptors (Lipinski definition) is 5. The third kappa shape index (κ3) is 5.98. The smallest absolute Gasteiger partial charge is 0.222 e. The molecule has 2 heterocycles. The minimum Gasteiger partial charge on any atom is -0.389 e. The Morgan fingerprint density at radius 2 is 2.21 bits per heavy atom. The van der Waals surface area contributed by atoms with E-state index in [0.29, 0.717) is 32.7 Å². The zero-order chi connectivity index (χ0) is 19.9. The maximum atomic E-state index is 13.6. The van der Waals surface area contributed by atoms with Crippen LogP contribution in [0.1, 0.15) is 38.2 Å². The number of hydrogen-bond donors (Lipinski definition) is 2. The van der Waals surface area contributed by atoms with Gasteiger partial charge in [0.25, 0.3) is 0 Å². The number of aliphatic hydroxyl groups excluding tert-OH is 1. The minimum absolute atomic E-state index is 0.0177. The van der Waals surface area contributed by atoms with Crippen molar-refractivity contribution in [2.45, 2.75) is 63.5 Å². The summed E-state index contributed by atoms with van der Waals surface area (Å²) in [5.41, 5.74) is 0.869. The first-order valence-corrected chi connectivity index (χ1v) is 10.2. The summed E-state index contributed by atoms with van der Waals surface area (Å²) in [4.78, 5) is 14.2. The van der Waals surface area contributed by atoms with Crippen LogP contribution in [0.4, 0.5) is 4.39 Å². The highest BCUT2D eigenvalue weighted by Gasteiger charge is 2.38. The summed E-state index contributed by atoms with van der Waals surface area (Å²) in [6, 6.07) is 6.62. The van der Waals surface area contributed by atoms with Gasteiger partial charge in [-0.15, -0.1) is 0 Å². The highest BCUT2D eigenvalue weighted by atomic mass is 19.1. The van der Waals surface area contributed by atoms with Crippen molar-refractivity contribution in [1.82, 2.24) is 10.2 Å². The van der Waals surface area contributed by atoms with E-state index in [1.54, 1.807) is 6.07 Å². The number of nitrogens with one attached hydrogen (secondary N) is 1. The molecular weight excluding hydrogens is 363 g/mol. The number of halogens is 1. The predicted molar refractivity (Wildman–Crippen MR) is 103 cm³/mol. The van der Waals surface area contributed by atoms with Crippen LogP contribution in [-0.2, 0) is 20.8 Å². The molecule has 28 heavy (non-hydrogen) atoms. The van der Waals surface area contributed by atoms with E-state index < -0.39 is 6.10 Å². The number of carbonyl (C=O) groups is 1. The maximum absolute atomic E-state index is 13.6. The average molecular weight is 394 g/mol. The zero-order valence-corrected chi connectivity index (χ0v) is 16.5. The lowest BCUT2D eigenvalue weighted by Gasteiger charge is -2.44. The molecule has 6 nitrogen and oxygen atoms in total. The highest BCUT2D eigenvalue weighted by Crippen LogP contribution is 2.28. The van der Waals surface area contributed by atoms with Crippen LogP contribution in [-0.4, -0.2) is 66.6 Å². The van der Waals surface area contributed by atoms with Gasteiger partial charge >= 0.3 is 0 Å². The Balaban J connectivity index is 1.65. The minimum atomic E-state index is -0.591. The van der Waals surface area contributed by atoms with Crippen LogP contribution < -0.4 is 5.32 Å². The number of fused-ring (bicyclic) bond motifs is 1. The monoisotopic (exact) mass is 394 g/mol. The maximum Gasteiger partial charge on any atom is 0.222 e. The largest absolute Gasteiger partial charge is 0.389 e. The number of rotatable bonds is 6. The Labute approximate surface area is 166 Å². The Morgan fingerprint density at radius 1 is 1.36 bits per heavy atom. The Kier molecular flexibility index (Phi) is 7.79. The van der Waals surface area contributed by atoms with Crippen LogP contribution in [0.5, 0.6) is 0 Å². The van der Waals surface area contributed by atoms with E-state index in [0.717, 1.165) is 24.8 Å². The molecule has 2 saturated heterocycles. The van der Waals surface area contributed by atoms with Gasteiger partial charge in [0.05, 0.1) is 37.9 Å². The second-order valence-electron chi connectivity index (χ2n) is 7.75. The quantitative estimate of drug-likeness (QED) is 0.771. The van der Waals surface area contributed by atoms with Crippen molar-refractivity contribution >= 4 is 5.91 Å². The molecule has 156 valence electrons. The molecule has 0 bridgehead atoms. The van der Waals surface area contributed by atoms with Gasteiger partial charge in [-0.25, -0.2) is 4.39 Å². The van der Waals surface area contributed by atoms with Crippen molar-refractivity contribution in [3.8, 4) is 0 Å². The predicted octanol–water partition coefficient (Wildman–Crippen LogP) is 1.85. The van der Waals surface area contributed by atoms with Crippen LogP contribution in [0.3, 0.4) is 0 Å². The number of β-amino-alcohol motifs (C(OH)–C–C–N with tert-alkyl or cyclic N) is 1. The second kappa shape index (κ2) is 10.3. The summed E-state index contributed by atoms with van der Waals surface area (Å²) < 4.78 is 25.4. The van der Waals surface area contributed by atoms with E-state index in [9.17, 15) is 14.3 Å². The number of ether oxygens (including phenoxy) is 2. The lowest BCUT2D eigenvalue weighted by molar-refractivity contribution is -0.158. The SMILES string of the molecule is CCCNC(=O)C[C@H]1CC[C@H]2[C@@H](COC[C@@H](O)CN2Cc2cccc(F)c2)O1. The van der Waals surface area contributed by atoms with Crippen LogP contribution in [0, 0.1) is 5.82 Å². The first-order chi connectivity index (χ1) is 13.5. The fourth-order valence-corrected chi connectivity index (χ4v) is 4.04. The third-order valence-corrected chi connectivity index (χ3v) is 5.35. The van der Waals surface area contributed by atoms with Crippen LogP contribution in [0.2, 0.25) is 0 Å². The van der Waals surface area contributed by atoms with Crippen molar-refractivity contribution in [1.29, 1.82) is 0 Å². The van der Waals surface area contributed by atoms with Crippen molar-refractivity contribution in [2.24, 2.45) is 0 Å². The second-order valence-corrected chi connectivity index (χ2v) is 7.75. The molecule has 0 aliphatic carbocycles. The summed E-state index contributed by atoms with van der Waals surface area (Å²) in [5.74, 6) is -0.243. The summed E-state index contributed by atoms with van der Waals surface area (Å²) >= 11 is 0. The number of nitrogens with zero attached hydrogens (tertiary/aromatic N) is 1. The zero-order valence-electron chi connectivity index (χ0n) is 16.5. The fourth-order valence-electron chi connectivity index (χ4n) is 4.04. The fraction of sp³-hybridized carbons (Fsp3) is 0.667. The third-order valence-electron chi connectivity index (χ3n) is 5.35. The molecule has 2 aliphatic rings. The van der Waals surface area contributed by atoms with E-state index in [1.807, 2.05) is 13.0 Å². The van der Waals surface area contributed by atoms with Gasteiger partial charge in [0.1, 0.15) is 5.82 Å². The normalized spacial score (nSPS) is 28.8. The topological polar surface area (TPSA) is 71.0 Å². The van der Waals surface area contributed by atoms with Crippen molar-refractivity contribution in [3.63, 3.8) is 0 Å². The van der Waals surface area contributed by atoms with Crippen molar-refractivity contribution in [3.05, 3.63) is 35.6 Å². The number of amides is 1. The van der Waals surface area contributed by atoms with Gasteiger partial charge in [0.2, 0.25) is 5.91 Å². The molecule has 0 radical (unpaired) electrons. The van der Waals surface area contributed by atoms with Crippen molar-refractivity contribution < 1.29 is 23.8 Å². The lowest BCUT2D eigenvalue weighted by atomic mass is 9.94. The van der Waals surface area contributed by atoms with Crippen LogP contribution in [0.15, 0.2) is 24.3 Å². The first-order valence-electron chi connectivity index (χ1n) is 10.2. The van der Waals surface area contributed by atoms with Gasteiger partial charge in [0.15, 0.2) is 0 Å². The molecule has 4 atom stereocenters. The van der Waals surface area contributed by atoms with Crippen LogP contribution in [0.25, 0.3) is 0 Å². The Hall–Kier alpha value is -1.54. The molecule has 1 amide bonds. The van der Waals surface area contributed by atoms with Gasteiger partial charge in [-0.3, -0.25) is 9.69 Å². The first kappa shape index (κ1) is 21.2. The highest BCUT2D eigenvalue weighted by molar-refractivity contribution is 5.76. The van der Waals surface area contributed by atoms with Crippen LogP contribution >= 0.6 is 0 Å². The van der Waals surface area contributed by atoms with E-state index in [4.69, 9.17) is 9.47 Å². The van der Waals surface area contributed by atoms with Gasteiger partial charge in [-0.1, -0.05) is 19.1 Å². The number of aliphatic hydroxyl groups is 1. The van der Waals surface area contributed by atoms with Crippen molar-refractivity contribution in [2.75, 3.05) is 26.3 Å². The average Bonchev–Trinajstić information content (AvgIpc) is 2.65. The Bertz CT molecular complexity index is 645. The summed E-state index contributed by atoms with van der Waals surface area (Å²) in [6.07, 6.45) is 2.01. The standard InChI is InChI=1S/C21H31FN2O4/c1-2-8-23-21(26)10-18-6-7-19-20(28-18)14-27-13-17(25)12-24(19)11-15-4-3-5-16(22)9-15/h3-5,9,17-20,25H,2,6-8,10-14H2,1H3,(H,23,26)/t17-,18+,19-,20+/m0/s1. The molecule has 1 aromatic carbocycles. The molecule has 1 aromatic rings. The van der Waals surface area contributed by atoms with Gasteiger partial charge in [-0.05, 0) is 37.0 Å². The molecule has 2 N–H and O–H groups in total. The van der Waals surface area contributed by atoms with Gasteiger partial charge < -0.3 is 19.9 Å². The molecule has 0 aromatic heterocycles. The lowest BCUT2D eigenvalue weighted by Crippen LogP contribution is -2.55. The molecule has 3 rings (SSSR count). The molecule has 7 heteroatoms. The summed E-state index contributed by atoms with van der Waals surface area (Å²) in [6.45, 7) is 4.32. The van der Waals surface area contributed by atoms with E-state index in [2.05, 4.69) is 10.2 Å². The summed E-state index contributed by atoms with van der Waals surface area (Å²) in [7, 11) is 0. The molecule has 2 fully saturated rings. The van der Waals surface area contributed by atoms with E-state index >= 15 is 0 Å². The van der Waals surface area contributed by atoms with E-state index in [-0.39, 0.29) is 36.6 Å². The molecule has 0 unspecified atom stereocenters. The Morgan fingerprint density at radius 3 is 3.00 bits per heavy atom. The molecule has 0 spiro atoms. The number of benzene rings is 1. The van der Waals surface area contributed by atoms with Gasteiger partial charge in [-0.2, -0.15) is 0 Å². The molecule has 2 aliphatic heterocycles.